The second-order valence-corrected chi connectivity index (χ2v) is 7.53. The number of anilines is 1. The monoisotopic (exact) mass is 385 g/mol. The lowest BCUT2D eigenvalue weighted by atomic mass is 10.2. The Morgan fingerprint density at radius 3 is 2.58 bits per heavy atom. The third-order valence-corrected chi connectivity index (χ3v) is 5.26. The van der Waals surface area contributed by atoms with Gasteiger partial charge in [0.2, 0.25) is 0 Å². The number of para-hydroxylation sites is 1. The van der Waals surface area contributed by atoms with E-state index in [1.807, 2.05) is 67.5 Å². The van der Waals surface area contributed by atoms with Crippen molar-refractivity contribution in [2.24, 2.45) is 0 Å². The van der Waals surface area contributed by atoms with Crippen LogP contribution in [0, 0.1) is 0 Å². The van der Waals surface area contributed by atoms with Crippen molar-refractivity contribution in [3.05, 3.63) is 65.2 Å². The molecular weight excluding hydrogens is 366 g/mol. The van der Waals surface area contributed by atoms with Crippen molar-refractivity contribution in [1.29, 1.82) is 0 Å². The van der Waals surface area contributed by atoms with Crippen molar-refractivity contribution < 1.29 is 4.79 Å². The van der Waals surface area contributed by atoms with Crippen molar-refractivity contribution in [2.45, 2.75) is 0 Å². The fourth-order valence-corrected chi connectivity index (χ4v) is 3.63. The third kappa shape index (κ3) is 4.49. The van der Waals surface area contributed by atoms with Gasteiger partial charge in [0.15, 0.2) is 5.13 Å². The van der Waals surface area contributed by atoms with Gasteiger partial charge in [-0.2, -0.15) is 0 Å². The van der Waals surface area contributed by atoms with Crippen molar-refractivity contribution in [3.8, 4) is 0 Å². The van der Waals surface area contributed by atoms with Crippen LogP contribution in [0.1, 0.15) is 5.56 Å². The van der Waals surface area contributed by atoms with Gasteiger partial charge in [0.25, 0.3) is 5.91 Å². The van der Waals surface area contributed by atoms with Crippen LogP contribution in [0.3, 0.4) is 0 Å². The molecule has 0 aliphatic carbocycles. The lowest BCUT2D eigenvalue weighted by Gasteiger charge is -2.20. The Balaban J connectivity index is 1.87. The smallest absolute Gasteiger partial charge is 0.252 e. The first kappa shape index (κ1) is 18.6. The number of likely N-dealkylation sites (N-methyl/N-ethyl adjacent to an activating group) is 1. The van der Waals surface area contributed by atoms with Crippen LogP contribution in [-0.4, -0.2) is 43.0 Å². The number of carbonyl (C=O) groups excluding carboxylic acids is 1. The molecule has 0 fully saturated rings. The standard InChI is InChI=1S/C20H20ClN3OS/c1-23(2)13-14-24(20-22-17-9-5-6-10-18(17)26-20)19(25)12-11-15-7-3-4-8-16(15)21/h3-12H,13-14H2,1-2H3/b12-11+. The number of benzene rings is 2. The van der Waals surface area contributed by atoms with Gasteiger partial charge < -0.3 is 4.90 Å². The summed E-state index contributed by atoms with van der Waals surface area (Å²) in [6.45, 7) is 1.32. The number of rotatable bonds is 6. The van der Waals surface area contributed by atoms with Crippen LogP contribution in [0.2, 0.25) is 5.02 Å². The highest BCUT2D eigenvalue weighted by Gasteiger charge is 2.18. The number of amides is 1. The summed E-state index contributed by atoms with van der Waals surface area (Å²) in [6.07, 6.45) is 3.31. The molecule has 1 aromatic heterocycles. The number of carbonyl (C=O) groups is 1. The van der Waals surface area contributed by atoms with E-state index in [2.05, 4.69) is 4.98 Å². The fourth-order valence-electron chi connectivity index (χ4n) is 2.44. The molecule has 0 saturated heterocycles. The summed E-state index contributed by atoms with van der Waals surface area (Å²) in [5.74, 6) is -0.106. The average molecular weight is 386 g/mol. The molecule has 0 aliphatic heterocycles. The quantitative estimate of drug-likeness (QED) is 0.584. The molecule has 0 saturated carbocycles. The Hall–Kier alpha value is -2.21. The van der Waals surface area contributed by atoms with E-state index in [-0.39, 0.29) is 5.91 Å². The zero-order valence-corrected chi connectivity index (χ0v) is 16.3. The maximum Gasteiger partial charge on any atom is 0.252 e. The van der Waals surface area contributed by atoms with Gasteiger partial charge in [0.05, 0.1) is 10.2 Å². The van der Waals surface area contributed by atoms with Gasteiger partial charge in [-0.3, -0.25) is 9.69 Å². The van der Waals surface area contributed by atoms with E-state index in [9.17, 15) is 4.79 Å². The number of aromatic nitrogens is 1. The molecule has 26 heavy (non-hydrogen) atoms. The minimum Gasteiger partial charge on any atom is -0.308 e. The van der Waals surface area contributed by atoms with Crippen molar-refractivity contribution >= 4 is 50.3 Å². The van der Waals surface area contributed by atoms with Crippen LogP contribution >= 0.6 is 22.9 Å². The van der Waals surface area contributed by atoms with Crippen LogP contribution < -0.4 is 4.90 Å². The van der Waals surface area contributed by atoms with Gasteiger partial charge in [0.1, 0.15) is 0 Å². The van der Waals surface area contributed by atoms with Crippen molar-refractivity contribution in [1.82, 2.24) is 9.88 Å². The summed E-state index contributed by atoms with van der Waals surface area (Å²) < 4.78 is 1.07. The molecule has 6 heteroatoms. The van der Waals surface area contributed by atoms with Crippen LogP contribution in [0.15, 0.2) is 54.6 Å². The number of hydrogen-bond donors (Lipinski definition) is 0. The van der Waals surface area contributed by atoms with Crippen molar-refractivity contribution in [2.75, 3.05) is 32.1 Å². The van der Waals surface area contributed by atoms with Gasteiger partial charge in [-0.1, -0.05) is 53.3 Å². The topological polar surface area (TPSA) is 36.4 Å². The molecule has 0 radical (unpaired) electrons. The molecule has 0 N–H and O–H groups in total. The molecule has 0 unspecified atom stereocenters. The largest absolute Gasteiger partial charge is 0.308 e. The van der Waals surface area contributed by atoms with Gasteiger partial charge in [-0.25, -0.2) is 4.98 Å². The van der Waals surface area contributed by atoms with Gasteiger partial charge >= 0.3 is 0 Å². The highest BCUT2D eigenvalue weighted by molar-refractivity contribution is 7.22. The van der Waals surface area contributed by atoms with Gasteiger partial charge in [-0.15, -0.1) is 0 Å². The normalized spacial score (nSPS) is 11.5. The molecule has 0 spiro atoms. The summed E-state index contributed by atoms with van der Waals surface area (Å²) in [7, 11) is 3.97. The highest BCUT2D eigenvalue weighted by atomic mass is 35.5. The van der Waals surface area contributed by atoms with E-state index >= 15 is 0 Å². The predicted octanol–water partition coefficient (Wildman–Crippen LogP) is 4.56. The van der Waals surface area contributed by atoms with E-state index < -0.39 is 0 Å². The Bertz CT molecular complexity index is 902. The first-order valence-corrected chi connectivity index (χ1v) is 9.48. The first-order chi connectivity index (χ1) is 12.5. The SMILES string of the molecule is CN(C)CCN(C(=O)/C=C/c1ccccc1Cl)c1nc2ccccc2s1. The van der Waals surface area contributed by atoms with Crippen LogP contribution in [0.5, 0.6) is 0 Å². The molecule has 0 aliphatic rings. The number of hydrogen-bond acceptors (Lipinski definition) is 4. The maximum absolute atomic E-state index is 12.9. The molecule has 1 amide bonds. The average Bonchev–Trinajstić information content (AvgIpc) is 3.04. The van der Waals surface area contributed by atoms with Crippen LogP contribution in [-0.2, 0) is 4.79 Å². The maximum atomic E-state index is 12.9. The first-order valence-electron chi connectivity index (χ1n) is 8.29. The summed E-state index contributed by atoms with van der Waals surface area (Å²) in [5, 5.41) is 1.33. The van der Waals surface area contributed by atoms with E-state index in [4.69, 9.17) is 11.6 Å². The van der Waals surface area contributed by atoms with Crippen LogP contribution in [0.25, 0.3) is 16.3 Å². The molecule has 0 atom stereocenters. The van der Waals surface area contributed by atoms with E-state index in [0.29, 0.717) is 16.7 Å². The van der Waals surface area contributed by atoms with E-state index in [0.717, 1.165) is 22.3 Å². The van der Waals surface area contributed by atoms with E-state index in [1.165, 1.54) is 11.3 Å². The number of fused-ring (bicyclic) bond motifs is 1. The summed E-state index contributed by atoms with van der Waals surface area (Å²) >= 11 is 7.69. The lowest BCUT2D eigenvalue weighted by molar-refractivity contribution is -0.114. The van der Waals surface area contributed by atoms with E-state index in [1.54, 1.807) is 17.1 Å². The zero-order valence-electron chi connectivity index (χ0n) is 14.7. The van der Waals surface area contributed by atoms with Crippen molar-refractivity contribution in [3.63, 3.8) is 0 Å². The molecule has 3 rings (SSSR count). The van der Waals surface area contributed by atoms with Gasteiger partial charge in [-0.05, 0) is 43.9 Å². The molecule has 134 valence electrons. The Morgan fingerprint density at radius 2 is 1.85 bits per heavy atom. The number of thiazole rings is 1. The second-order valence-electron chi connectivity index (χ2n) is 6.11. The minimum absolute atomic E-state index is 0.106. The second kappa shape index (κ2) is 8.45. The Labute approximate surface area is 162 Å². The summed E-state index contributed by atoms with van der Waals surface area (Å²) in [6, 6.07) is 15.4. The fraction of sp³-hybridized carbons (Fsp3) is 0.200. The molecule has 4 nitrogen and oxygen atoms in total. The lowest BCUT2D eigenvalue weighted by Crippen LogP contribution is -2.35. The molecule has 1 heterocycles. The van der Waals surface area contributed by atoms with Gasteiger partial charge in [0, 0.05) is 24.2 Å². The zero-order chi connectivity index (χ0) is 18.5. The summed E-state index contributed by atoms with van der Waals surface area (Å²) in [4.78, 5) is 21.3. The Morgan fingerprint density at radius 1 is 1.12 bits per heavy atom. The molecule has 2 aromatic carbocycles. The number of halogens is 1. The molecule has 0 bridgehead atoms. The summed E-state index contributed by atoms with van der Waals surface area (Å²) in [5.41, 5.74) is 1.73. The number of nitrogens with zero attached hydrogens (tertiary/aromatic N) is 3. The molecular formula is C20H20ClN3OS. The minimum atomic E-state index is -0.106. The Kier molecular flexibility index (Phi) is 6.04. The third-order valence-electron chi connectivity index (χ3n) is 3.86. The highest BCUT2D eigenvalue weighted by Crippen LogP contribution is 2.29. The molecule has 3 aromatic rings. The van der Waals surface area contributed by atoms with Crippen LogP contribution in [0.4, 0.5) is 5.13 Å². The predicted molar refractivity (Wildman–Crippen MR) is 111 cm³/mol.